The Hall–Kier alpha value is -1.82. The van der Waals surface area contributed by atoms with E-state index in [2.05, 4.69) is 25.6 Å². The van der Waals surface area contributed by atoms with E-state index in [0.29, 0.717) is 5.82 Å². The topological polar surface area (TPSA) is 102 Å². The molecule has 2 heterocycles. The number of hydrogen-bond donors (Lipinski definition) is 2. The van der Waals surface area contributed by atoms with Crippen LogP contribution in [0.5, 0.6) is 0 Å². The quantitative estimate of drug-likeness (QED) is 0.635. The lowest BCUT2D eigenvalue weighted by atomic mass is 10.3. The van der Waals surface area contributed by atoms with Gasteiger partial charge in [0.25, 0.3) is 0 Å². The van der Waals surface area contributed by atoms with Gasteiger partial charge in [0.15, 0.2) is 0 Å². The maximum absolute atomic E-state index is 3.92. The summed E-state index contributed by atoms with van der Waals surface area (Å²) in [5.41, 5.74) is 0.862. The molecule has 0 aliphatic rings. The number of hydrogen-bond acceptors (Lipinski definition) is 5. The van der Waals surface area contributed by atoms with Crippen molar-refractivity contribution in [2.75, 3.05) is 0 Å². The molecule has 0 amide bonds. The average Bonchev–Trinajstić information content (AvgIpc) is 2.58. The van der Waals surface area contributed by atoms with Gasteiger partial charge in [0.05, 0.1) is 0 Å². The molecular weight excluding hydrogens is 156 g/mol. The molecule has 12 heavy (non-hydrogen) atoms. The number of aromatic nitrogens is 5. The maximum atomic E-state index is 3.92. The highest BCUT2D eigenvalue weighted by molar-refractivity contribution is 5.51. The molecule has 0 atom stereocenters. The van der Waals surface area contributed by atoms with Gasteiger partial charge in [0, 0.05) is 18.0 Å². The number of tetrazole rings is 1. The number of nitrogens with one attached hydrogen (secondary N) is 1. The summed E-state index contributed by atoms with van der Waals surface area (Å²) in [5, 5.41) is 13.4. The molecule has 6 nitrogen and oxygen atoms in total. The van der Waals surface area contributed by atoms with Gasteiger partial charge in [-0.1, -0.05) is 0 Å². The Labute approximate surface area is 68.6 Å². The molecule has 2 aromatic rings. The van der Waals surface area contributed by atoms with Crippen molar-refractivity contribution >= 4 is 0 Å². The lowest BCUT2D eigenvalue weighted by Gasteiger charge is -1.88. The van der Waals surface area contributed by atoms with E-state index in [1.165, 1.54) is 0 Å². The highest BCUT2D eigenvalue weighted by Gasteiger charge is 1.99. The van der Waals surface area contributed by atoms with Crippen molar-refractivity contribution in [1.29, 1.82) is 0 Å². The third-order valence-corrected chi connectivity index (χ3v) is 1.27. The molecule has 4 N–H and O–H groups in total. The van der Waals surface area contributed by atoms with Gasteiger partial charge in [-0.15, -0.1) is 10.2 Å². The molecule has 2 rings (SSSR count). The van der Waals surface area contributed by atoms with Crippen molar-refractivity contribution in [3.8, 4) is 11.4 Å². The normalized spacial score (nSPS) is 9.00. The lowest BCUT2D eigenvalue weighted by Crippen LogP contribution is -1.80. The summed E-state index contributed by atoms with van der Waals surface area (Å²) in [6, 6.07) is 3.70. The monoisotopic (exact) mass is 164 g/mol. The number of nitrogens with zero attached hydrogens (tertiary/aromatic N) is 4. The van der Waals surface area contributed by atoms with Crippen molar-refractivity contribution in [3.05, 3.63) is 24.5 Å². The van der Waals surface area contributed by atoms with Gasteiger partial charge >= 0.3 is 0 Å². The van der Waals surface area contributed by atoms with E-state index in [0.717, 1.165) is 5.56 Å². The first kappa shape index (κ1) is 8.28. The Kier molecular flexibility index (Phi) is 2.44. The fourth-order valence-corrected chi connectivity index (χ4v) is 0.779. The fourth-order valence-electron chi connectivity index (χ4n) is 0.779. The van der Waals surface area contributed by atoms with Gasteiger partial charge in [0.2, 0.25) is 5.82 Å². The Morgan fingerprint density at radius 3 is 2.83 bits per heavy atom. The number of aromatic amines is 1. The van der Waals surface area contributed by atoms with E-state index in [1.54, 1.807) is 12.4 Å². The first-order chi connectivity index (χ1) is 5.47. The van der Waals surface area contributed by atoms with Gasteiger partial charge in [-0.25, -0.2) is 0 Å². The first-order valence-electron chi connectivity index (χ1n) is 3.10. The minimum atomic E-state index is 0. The molecule has 6 heteroatoms. The predicted molar refractivity (Wildman–Crippen MR) is 42.4 cm³/mol. The van der Waals surface area contributed by atoms with Crippen molar-refractivity contribution in [1.82, 2.24) is 31.8 Å². The molecule has 0 aliphatic heterocycles. The van der Waals surface area contributed by atoms with Crippen LogP contribution < -0.4 is 6.15 Å². The zero-order valence-electron chi connectivity index (χ0n) is 6.31. The summed E-state index contributed by atoms with van der Waals surface area (Å²) in [7, 11) is 0. The molecule has 0 aliphatic carbocycles. The van der Waals surface area contributed by atoms with E-state index in [-0.39, 0.29) is 6.15 Å². The molecule has 62 valence electrons. The molecule has 0 bridgehead atoms. The van der Waals surface area contributed by atoms with Crippen molar-refractivity contribution in [2.24, 2.45) is 0 Å². The van der Waals surface area contributed by atoms with E-state index in [1.807, 2.05) is 12.1 Å². The summed E-state index contributed by atoms with van der Waals surface area (Å²) >= 11 is 0. The Morgan fingerprint density at radius 2 is 2.25 bits per heavy atom. The molecule has 0 saturated carbocycles. The van der Waals surface area contributed by atoms with Crippen molar-refractivity contribution in [3.63, 3.8) is 0 Å². The Morgan fingerprint density at radius 1 is 1.33 bits per heavy atom. The van der Waals surface area contributed by atoms with Crippen LogP contribution in [-0.2, 0) is 0 Å². The molecular formula is C6H8N6. The molecule has 0 saturated heterocycles. The van der Waals surface area contributed by atoms with Crippen LogP contribution in [0.3, 0.4) is 0 Å². The molecule has 0 spiro atoms. The third-order valence-electron chi connectivity index (χ3n) is 1.27. The average molecular weight is 164 g/mol. The molecule has 0 fully saturated rings. The second-order valence-corrected chi connectivity index (χ2v) is 1.98. The highest BCUT2D eigenvalue weighted by atomic mass is 15.5. The first-order valence-corrected chi connectivity index (χ1v) is 3.10. The standard InChI is InChI=1S/C6H5N5.H3N/c1-2-5(4-7-3-1)6-8-10-11-9-6;/h1-4H,(H,8,9,10,11);1H3. The second kappa shape index (κ2) is 3.54. The van der Waals surface area contributed by atoms with E-state index >= 15 is 0 Å². The zero-order valence-corrected chi connectivity index (χ0v) is 6.31. The van der Waals surface area contributed by atoms with Gasteiger partial charge in [-0.3, -0.25) is 4.98 Å². The summed E-state index contributed by atoms with van der Waals surface area (Å²) < 4.78 is 0. The van der Waals surface area contributed by atoms with Gasteiger partial charge < -0.3 is 6.15 Å². The minimum absolute atomic E-state index is 0. The molecule has 0 aromatic carbocycles. The van der Waals surface area contributed by atoms with Crippen LogP contribution in [0, 0.1) is 0 Å². The molecule has 2 aromatic heterocycles. The van der Waals surface area contributed by atoms with Gasteiger partial charge in [0.1, 0.15) is 0 Å². The Bertz CT molecular complexity index is 315. The van der Waals surface area contributed by atoms with Crippen molar-refractivity contribution in [2.45, 2.75) is 0 Å². The second-order valence-electron chi connectivity index (χ2n) is 1.98. The summed E-state index contributed by atoms with van der Waals surface area (Å²) in [6.07, 6.45) is 3.38. The summed E-state index contributed by atoms with van der Waals surface area (Å²) in [6.45, 7) is 0. The zero-order chi connectivity index (χ0) is 7.52. The number of pyridine rings is 1. The fraction of sp³-hybridized carbons (Fsp3) is 0. The SMILES string of the molecule is N.c1cncc(-c2nn[nH]n2)c1. The predicted octanol–water partition coefficient (Wildman–Crippen LogP) is 0.424. The van der Waals surface area contributed by atoms with Crippen LogP contribution in [0.25, 0.3) is 11.4 Å². The van der Waals surface area contributed by atoms with Crippen LogP contribution in [0.2, 0.25) is 0 Å². The van der Waals surface area contributed by atoms with Crippen LogP contribution in [0.4, 0.5) is 0 Å². The van der Waals surface area contributed by atoms with Crippen LogP contribution in [0.15, 0.2) is 24.5 Å². The smallest absolute Gasteiger partial charge is 0.206 e. The summed E-state index contributed by atoms with van der Waals surface area (Å²) in [4.78, 5) is 3.92. The van der Waals surface area contributed by atoms with E-state index in [4.69, 9.17) is 0 Å². The number of rotatable bonds is 1. The van der Waals surface area contributed by atoms with E-state index < -0.39 is 0 Å². The van der Waals surface area contributed by atoms with Gasteiger partial charge in [-0.05, 0) is 17.3 Å². The minimum Gasteiger partial charge on any atom is -0.344 e. The van der Waals surface area contributed by atoms with Crippen LogP contribution >= 0.6 is 0 Å². The highest BCUT2D eigenvalue weighted by Crippen LogP contribution is 2.08. The summed E-state index contributed by atoms with van der Waals surface area (Å²) in [5.74, 6) is 0.568. The Balaban J connectivity index is 0.000000720. The van der Waals surface area contributed by atoms with Crippen molar-refractivity contribution < 1.29 is 0 Å². The largest absolute Gasteiger partial charge is 0.344 e. The third kappa shape index (κ3) is 1.43. The molecule has 0 radical (unpaired) electrons. The van der Waals surface area contributed by atoms with Crippen LogP contribution in [-0.4, -0.2) is 25.6 Å². The lowest BCUT2D eigenvalue weighted by molar-refractivity contribution is 0.881. The number of H-pyrrole nitrogens is 1. The van der Waals surface area contributed by atoms with E-state index in [9.17, 15) is 0 Å². The maximum Gasteiger partial charge on any atom is 0.206 e. The van der Waals surface area contributed by atoms with Gasteiger partial charge in [-0.2, -0.15) is 5.21 Å². The molecule has 0 unspecified atom stereocenters. The van der Waals surface area contributed by atoms with Crippen LogP contribution in [0.1, 0.15) is 0 Å².